The number of hydrogen-bond acceptors (Lipinski definition) is 3. The van der Waals surface area contributed by atoms with Crippen molar-refractivity contribution in [2.75, 3.05) is 39.3 Å². The Labute approximate surface area is 114 Å². The number of aliphatic hydroxyl groups excluding tert-OH is 1. The quantitative estimate of drug-likeness (QED) is 0.583. The molecule has 0 aromatic rings. The number of rotatable bonds is 12. The lowest BCUT2D eigenvalue weighted by atomic mass is 10.2. The minimum atomic E-state index is -0.210. The fourth-order valence-corrected chi connectivity index (χ4v) is 2.19. The van der Waals surface area contributed by atoms with Gasteiger partial charge in [0.25, 0.3) is 0 Å². The van der Waals surface area contributed by atoms with Crippen LogP contribution < -0.4 is 0 Å². The van der Waals surface area contributed by atoms with Gasteiger partial charge in [-0.25, -0.2) is 0 Å². The van der Waals surface area contributed by atoms with Crippen LogP contribution in [-0.4, -0.2) is 60.3 Å². The molecule has 0 aliphatic carbocycles. The van der Waals surface area contributed by atoms with E-state index < -0.39 is 0 Å². The van der Waals surface area contributed by atoms with E-state index in [1.54, 1.807) is 0 Å². The van der Waals surface area contributed by atoms with Crippen LogP contribution in [0.4, 0.5) is 0 Å². The van der Waals surface area contributed by atoms with Crippen LogP contribution in [0, 0.1) is 0 Å². The molecule has 0 saturated carbocycles. The fourth-order valence-electron chi connectivity index (χ4n) is 2.19. The zero-order valence-corrected chi connectivity index (χ0v) is 13.0. The highest BCUT2D eigenvalue weighted by Crippen LogP contribution is 2.02. The Morgan fingerprint density at radius 2 is 1.22 bits per heavy atom. The van der Waals surface area contributed by atoms with Crippen LogP contribution in [0.15, 0.2) is 0 Å². The average Bonchev–Trinajstić information content (AvgIpc) is 2.39. The highest BCUT2D eigenvalue weighted by molar-refractivity contribution is 4.68. The summed E-state index contributed by atoms with van der Waals surface area (Å²) in [6.07, 6.45) is 4.73. The van der Waals surface area contributed by atoms with Crippen molar-refractivity contribution in [1.82, 2.24) is 9.80 Å². The van der Waals surface area contributed by atoms with Crippen LogP contribution in [-0.2, 0) is 0 Å². The van der Waals surface area contributed by atoms with Crippen molar-refractivity contribution in [3.8, 4) is 0 Å². The molecule has 0 bridgehead atoms. The van der Waals surface area contributed by atoms with Crippen LogP contribution in [0.25, 0.3) is 0 Å². The third-order valence-corrected chi connectivity index (χ3v) is 3.49. The van der Waals surface area contributed by atoms with E-state index in [1.807, 2.05) is 0 Å². The maximum Gasteiger partial charge on any atom is 0.0793 e. The second-order valence-corrected chi connectivity index (χ2v) is 5.15. The number of nitrogens with zero attached hydrogens (tertiary/aromatic N) is 2. The maximum absolute atomic E-state index is 10.2. The topological polar surface area (TPSA) is 26.7 Å². The van der Waals surface area contributed by atoms with Gasteiger partial charge in [-0.05, 0) is 39.0 Å². The molecule has 3 nitrogen and oxygen atoms in total. The zero-order valence-electron chi connectivity index (χ0n) is 13.0. The molecule has 0 heterocycles. The standard InChI is InChI=1S/C15H34N2O/c1-5-9-11-17(12-10-6-2)14-15(18)13-16(7-3)8-4/h15,18H,5-14H2,1-4H3/t15-/m0/s1. The molecular formula is C15H34N2O. The molecule has 18 heavy (non-hydrogen) atoms. The lowest BCUT2D eigenvalue weighted by Gasteiger charge is -2.28. The lowest BCUT2D eigenvalue weighted by molar-refractivity contribution is 0.0759. The van der Waals surface area contributed by atoms with E-state index in [2.05, 4.69) is 37.5 Å². The predicted octanol–water partition coefficient (Wildman–Crippen LogP) is 2.59. The number of likely N-dealkylation sites (N-methyl/N-ethyl adjacent to an activating group) is 1. The van der Waals surface area contributed by atoms with Crippen LogP contribution >= 0.6 is 0 Å². The number of unbranched alkanes of at least 4 members (excludes halogenated alkanes) is 2. The van der Waals surface area contributed by atoms with Gasteiger partial charge in [-0.15, -0.1) is 0 Å². The fraction of sp³-hybridized carbons (Fsp3) is 1.00. The van der Waals surface area contributed by atoms with E-state index >= 15 is 0 Å². The Morgan fingerprint density at radius 3 is 1.61 bits per heavy atom. The molecule has 3 heteroatoms. The van der Waals surface area contributed by atoms with E-state index in [0.29, 0.717) is 0 Å². The molecular weight excluding hydrogens is 224 g/mol. The van der Waals surface area contributed by atoms with Gasteiger partial charge in [-0.2, -0.15) is 0 Å². The summed E-state index contributed by atoms with van der Waals surface area (Å²) in [5.41, 5.74) is 0. The first-order valence-electron chi connectivity index (χ1n) is 7.80. The van der Waals surface area contributed by atoms with Gasteiger partial charge >= 0.3 is 0 Å². The van der Waals surface area contributed by atoms with E-state index in [1.165, 1.54) is 25.7 Å². The van der Waals surface area contributed by atoms with Gasteiger partial charge in [0.2, 0.25) is 0 Å². The first-order valence-corrected chi connectivity index (χ1v) is 7.80. The smallest absolute Gasteiger partial charge is 0.0793 e. The van der Waals surface area contributed by atoms with Gasteiger partial charge in [0.05, 0.1) is 6.10 Å². The summed E-state index contributed by atoms with van der Waals surface area (Å²) in [5.74, 6) is 0. The van der Waals surface area contributed by atoms with Crippen molar-refractivity contribution in [3.63, 3.8) is 0 Å². The van der Waals surface area contributed by atoms with Gasteiger partial charge in [-0.1, -0.05) is 40.5 Å². The normalized spacial score (nSPS) is 13.5. The first kappa shape index (κ1) is 17.9. The van der Waals surface area contributed by atoms with Crippen LogP contribution in [0.2, 0.25) is 0 Å². The van der Waals surface area contributed by atoms with Crippen molar-refractivity contribution >= 4 is 0 Å². The second-order valence-electron chi connectivity index (χ2n) is 5.15. The Bertz CT molecular complexity index is 164. The molecule has 0 aromatic carbocycles. The molecule has 0 amide bonds. The minimum absolute atomic E-state index is 0.210. The summed E-state index contributed by atoms with van der Waals surface area (Å²) < 4.78 is 0. The van der Waals surface area contributed by atoms with Crippen LogP contribution in [0.1, 0.15) is 53.4 Å². The predicted molar refractivity (Wildman–Crippen MR) is 80.1 cm³/mol. The van der Waals surface area contributed by atoms with Crippen molar-refractivity contribution in [2.24, 2.45) is 0 Å². The van der Waals surface area contributed by atoms with Gasteiger partial charge in [0.1, 0.15) is 0 Å². The third-order valence-electron chi connectivity index (χ3n) is 3.49. The molecule has 0 saturated heterocycles. The molecule has 0 aliphatic rings. The molecule has 0 aromatic heterocycles. The van der Waals surface area contributed by atoms with Gasteiger partial charge < -0.3 is 14.9 Å². The Kier molecular flexibility index (Phi) is 11.9. The maximum atomic E-state index is 10.2. The Hall–Kier alpha value is -0.120. The van der Waals surface area contributed by atoms with Crippen LogP contribution in [0.3, 0.4) is 0 Å². The molecule has 110 valence electrons. The van der Waals surface area contributed by atoms with Crippen LogP contribution in [0.5, 0.6) is 0 Å². The van der Waals surface area contributed by atoms with E-state index in [4.69, 9.17) is 0 Å². The monoisotopic (exact) mass is 258 g/mol. The summed E-state index contributed by atoms with van der Waals surface area (Å²) in [4.78, 5) is 4.73. The molecule has 0 aliphatic heterocycles. The lowest BCUT2D eigenvalue weighted by Crippen LogP contribution is -2.41. The third kappa shape index (κ3) is 8.90. The van der Waals surface area contributed by atoms with Crippen molar-refractivity contribution in [1.29, 1.82) is 0 Å². The molecule has 1 atom stereocenters. The Morgan fingerprint density at radius 1 is 0.778 bits per heavy atom. The number of hydrogen-bond donors (Lipinski definition) is 1. The largest absolute Gasteiger partial charge is 0.390 e. The van der Waals surface area contributed by atoms with Crippen molar-refractivity contribution in [3.05, 3.63) is 0 Å². The molecule has 0 fully saturated rings. The van der Waals surface area contributed by atoms with E-state index in [0.717, 1.165) is 39.3 Å². The summed E-state index contributed by atoms with van der Waals surface area (Å²) in [6, 6.07) is 0. The van der Waals surface area contributed by atoms with Crippen molar-refractivity contribution < 1.29 is 5.11 Å². The minimum Gasteiger partial charge on any atom is -0.390 e. The van der Waals surface area contributed by atoms with Gasteiger partial charge in [0, 0.05) is 13.1 Å². The highest BCUT2D eigenvalue weighted by atomic mass is 16.3. The van der Waals surface area contributed by atoms with Gasteiger partial charge in [0.15, 0.2) is 0 Å². The summed E-state index contributed by atoms with van der Waals surface area (Å²) in [6.45, 7) is 14.7. The molecule has 0 rings (SSSR count). The first-order chi connectivity index (χ1) is 8.67. The summed E-state index contributed by atoms with van der Waals surface area (Å²) in [5, 5.41) is 10.2. The molecule has 0 radical (unpaired) electrons. The van der Waals surface area contributed by atoms with Crippen molar-refractivity contribution in [2.45, 2.75) is 59.5 Å². The summed E-state index contributed by atoms with van der Waals surface area (Å²) >= 11 is 0. The molecule has 1 N–H and O–H groups in total. The molecule has 0 unspecified atom stereocenters. The van der Waals surface area contributed by atoms with Gasteiger partial charge in [-0.3, -0.25) is 0 Å². The highest BCUT2D eigenvalue weighted by Gasteiger charge is 2.13. The second kappa shape index (κ2) is 11.9. The number of aliphatic hydroxyl groups is 1. The SMILES string of the molecule is CCCCN(CCCC)C[C@@H](O)CN(CC)CC. The Balaban J connectivity index is 4.02. The van der Waals surface area contributed by atoms with E-state index in [9.17, 15) is 5.11 Å². The summed E-state index contributed by atoms with van der Waals surface area (Å²) in [7, 11) is 0. The van der Waals surface area contributed by atoms with E-state index in [-0.39, 0.29) is 6.10 Å². The zero-order chi connectivity index (χ0) is 13.8. The average molecular weight is 258 g/mol. The molecule has 0 spiro atoms.